The molecule has 0 aliphatic rings. The van der Waals surface area contributed by atoms with E-state index < -0.39 is 5.91 Å². The number of carbonyl (C=O) groups excluding carboxylic acids is 1. The van der Waals surface area contributed by atoms with E-state index in [4.69, 9.17) is 17.4 Å². The van der Waals surface area contributed by atoms with E-state index in [1.165, 1.54) is 12.1 Å². The lowest BCUT2D eigenvalue weighted by Crippen LogP contribution is -2.30. The maximum absolute atomic E-state index is 13.1. The van der Waals surface area contributed by atoms with Crippen LogP contribution in [-0.2, 0) is 6.54 Å². The van der Waals surface area contributed by atoms with E-state index in [0.29, 0.717) is 11.6 Å². The summed E-state index contributed by atoms with van der Waals surface area (Å²) in [6, 6.07) is 15.0. The molecule has 1 amide bonds. The number of nitrogen functional groups attached to an aromatic ring is 1. The third-order valence-corrected chi connectivity index (χ3v) is 3.78. The minimum Gasteiger partial charge on any atom is -0.289 e. The van der Waals surface area contributed by atoms with E-state index in [-0.39, 0.29) is 11.5 Å². The minimum atomic E-state index is -0.483. The maximum atomic E-state index is 13.1. The molecule has 3 rings (SSSR count). The van der Waals surface area contributed by atoms with Gasteiger partial charge in [-0.3, -0.25) is 14.9 Å². The van der Waals surface area contributed by atoms with E-state index in [2.05, 4.69) is 10.5 Å². The normalized spacial score (nSPS) is 10.6. The number of nitrogens with two attached hydrogens (primary N) is 1. The van der Waals surface area contributed by atoms with Crippen LogP contribution in [0.2, 0.25) is 5.02 Å². The zero-order valence-electron chi connectivity index (χ0n) is 12.5. The number of amides is 1. The third-order valence-electron chi connectivity index (χ3n) is 3.53. The Morgan fingerprint density at radius 1 is 1.17 bits per heavy atom. The summed E-state index contributed by atoms with van der Waals surface area (Å²) in [5, 5.41) is 4.91. The van der Waals surface area contributed by atoms with Crippen molar-refractivity contribution in [2.75, 3.05) is 0 Å². The average Bonchev–Trinajstić information content (AvgIpc) is 3.01. The smallest absolute Gasteiger partial charge is 0.285 e. The molecule has 0 saturated carbocycles. The number of rotatable bonds is 4. The van der Waals surface area contributed by atoms with Gasteiger partial charge in [0, 0.05) is 5.02 Å². The molecular formula is C17H14ClFN4O. The summed E-state index contributed by atoms with van der Waals surface area (Å²) in [5.74, 6) is 4.39. The molecule has 0 aliphatic heterocycles. The van der Waals surface area contributed by atoms with Crippen molar-refractivity contribution in [1.29, 1.82) is 0 Å². The lowest BCUT2D eigenvalue weighted by molar-refractivity contribution is 0.0948. The second-order valence-electron chi connectivity index (χ2n) is 5.18. The first kappa shape index (κ1) is 16.2. The summed E-state index contributed by atoms with van der Waals surface area (Å²) in [6.07, 6.45) is 0. The molecule has 0 radical (unpaired) electrons. The summed E-state index contributed by atoms with van der Waals surface area (Å²) < 4.78 is 14.7. The van der Waals surface area contributed by atoms with Gasteiger partial charge < -0.3 is 0 Å². The van der Waals surface area contributed by atoms with Crippen molar-refractivity contribution in [3.05, 3.63) is 76.7 Å². The van der Waals surface area contributed by atoms with Crippen molar-refractivity contribution in [2.24, 2.45) is 5.84 Å². The van der Waals surface area contributed by atoms with Crippen molar-refractivity contribution in [2.45, 2.75) is 6.54 Å². The van der Waals surface area contributed by atoms with Gasteiger partial charge in [0.1, 0.15) is 5.82 Å². The summed E-state index contributed by atoms with van der Waals surface area (Å²) in [5.41, 5.74) is 4.71. The topological polar surface area (TPSA) is 72.9 Å². The molecule has 5 nitrogen and oxygen atoms in total. The fourth-order valence-electron chi connectivity index (χ4n) is 2.34. The Morgan fingerprint density at radius 3 is 2.46 bits per heavy atom. The molecule has 0 atom stereocenters. The number of nitrogens with zero attached hydrogens (tertiary/aromatic N) is 2. The zero-order valence-corrected chi connectivity index (χ0v) is 13.3. The van der Waals surface area contributed by atoms with Crippen LogP contribution in [0.25, 0.3) is 11.3 Å². The lowest BCUT2D eigenvalue weighted by Gasteiger charge is -2.08. The summed E-state index contributed by atoms with van der Waals surface area (Å²) >= 11 is 5.92. The predicted molar refractivity (Wildman–Crippen MR) is 89.8 cm³/mol. The second kappa shape index (κ2) is 6.82. The Balaban J connectivity index is 2.02. The van der Waals surface area contributed by atoms with Crippen molar-refractivity contribution < 1.29 is 9.18 Å². The SMILES string of the molecule is NNC(=O)c1cc(-c2ccc(Cl)cc2)n(Cc2ccc(F)cc2)n1. The highest BCUT2D eigenvalue weighted by molar-refractivity contribution is 6.30. The molecule has 3 aromatic rings. The van der Waals surface area contributed by atoms with Crippen LogP contribution in [0.3, 0.4) is 0 Å². The van der Waals surface area contributed by atoms with Crippen LogP contribution < -0.4 is 11.3 Å². The molecule has 0 aliphatic carbocycles. The van der Waals surface area contributed by atoms with Crippen LogP contribution in [0.4, 0.5) is 4.39 Å². The van der Waals surface area contributed by atoms with Gasteiger partial charge in [-0.15, -0.1) is 0 Å². The van der Waals surface area contributed by atoms with Crippen molar-refractivity contribution >= 4 is 17.5 Å². The van der Waals surface area contributed by atoms with E-state index in [1.807, 2.05) is 12.1 Å². The van der Waals surface area contributed by atoms with Gasteiger partial charge in [0.2, 0.25) is 0 Å². The Kier molecular flexibility index (Phi) is 4.59. The number of hydrogen-bond donors (Lipinski definition) is 2. The monoisotopic (exact) mass is 344 g/mol. The van der Waals surface area contributed by atoms with E-state index in [0.717, 1.165) is 16.8 Å². The molecule has 2 aromatic carbocycles. The predicted octanol–water partition coefficient (Wildman–Crippen LogP) is 2.99. The Hall–Kier alpha value is -2.70. The zero-order chi connectivity index (χ0) is 17.1. The third kappa shape index (κ3) is 3.45. The van der Waals surface area contributed by atoms with E-state index >= 15 is 0 Å². The molecule has 0 bridgehead atoms. The largest absolute Gasteiger partial charge is 0.289 e. The standard InChI is InChI=1S/C17H14ClFN4O/c18-13-5-3-12(4-6-13)16-9-15(17(24)21-20)22-23(16)10-11-1-7-14(19)8-2-11/h1-9H,10,20H2,(H,21,24). The Bertz CT molecular complexity index is 859. The second-order valence-corrected chi connectivity index (χ2v) is 5.62. The minimum absolute atomic E-state index is 0.199. The Morgan fingerprint density at radius 2 is 1.83 bits per heavy atom. The number of nitrogens with one attached hydrogen (secondary N) is 1. The maximum Gasteiger partial charge on any atom is 0.285 e. The number of benzene rings is 2. The van der Waals surface area contributed by atoms with Crippen LogP contribution in [0.1, 0.15) is 16.1 Å². The quantitative estimate of drug-likeness (QED) is 0.434. The highest BCUT2D eigenvalue weighted by atomic mass is 35.5. The molecule has 1 heterocycles. The molecule has 0 saturated heterocycles. The van der Waals surface area contributed by atoms with Gasteiger partial charge in [-0.2, -0.15) is 5.10 Å². The summed E-state index contributed by atoms with van der Waals surface area (Å²) in [6.45, 7) is 0.385. The summed E-state index contributed by atoms with van der Waals surface area (Å²) in [7, 11) is 0. The molecule has 1 aromatic heterocycles. The van der Waals surface area contributed by atoms with Crippen LogP contribution >= 0.6 is 11.6 Å². The van der Waals surface area contributed by atoms with Crippen molar-refractivity contribution in [3.63, 3.8) is 0 Å². The number of hydrogen-bond acceptors (Lipinski definition) is 3. The fourth-order valence-corrected chi connectivity index (χ4v) is 2.46. The van der Waals surface area contributed by atoms with Gasteiger partial charge in [0.25, 0.3) is 5.91 Å². The molecule has 0 unspecified atom stereocenters. The fraction of sp³-hybridized carbons (Fsp3) is 0.0588. The van der Waals surface area contributed by atoms with Gasteiger partial charge in [0.15, 0.2) is 5.69 Å². The number of hydrazine groups is 1. The molecular weight excluding hydrogens is 331 g/mol. The number of carbonyl (C=O) groups is 1. The molecule has 122 valence electrons. The van der Waals surface area contributed by atoms with E-state index in [1.54, 1.807) is 35.0 Å². The van der Waals surface area contributed by atoms with Gasteiger partial charge in [-0.1, -0.05) is 35.9 Å². The highest BCUT2D eigenvalue weighted by Crippen LogP contribution is 2.23. The molecule has 24 heavy (non-hydrogen) atoms. The van der Waals surface area contributed by atoms with Crippen LogP contribution in [0.15, 0.2) is 54.6 Å². The summed E-state index contributed by atoms with van der Waals surface area (Å²) in [4.78, 5) is 11.8. The average molecular weight is 345 g/mol. The first-order valence-corrected chi connectivity index (χ1v) is 7.54. The first-order valence-electron chi connectivity index (χ1n) is 7.16. The van der Waals surface area contributed by atoms with Gasteiger partial charge >= 0.3 is 0 Å². The molecule has 3 N–H and O–H groups in total. The number of aromatic nitrogens is 2. The van der Waals surface area contributed by atoms with Crippen LogP contribution in [0, 0.1) is 5.82 Å². The van der Waals surface area contributed by atoms with E-state index in [9.17, 15) is 9.18 Å². The van der Waals surface area contributed by atoms with Gasteiger partial charge in [0.05, 0.1) is 12.2 Å². The molecule has 0 spiro atoms. The lowest BCUT2D eigenvalue weighted by atomic mass is 10.1. The van der Waals surface area contributed by atoms with Crippen LogP contribution in [-0.4, -0.2) is 15.7 Å². The van der Waals surface area contributed by atoms with Crippen LogP contribution in [0.5, 0.6) is 0 Å². The first-order chi connectivity index (χ1) is 11.6. The highest BCUT2D eigenvalue weighted by Gasteiger charge is 2.15. The van der Waals surface area contributed by atoms with Gasteiger partial charge in [-0.25, -0.2) is 10.2 Å². The molecule has 0 fully saturated rings. The number of halogens is 2. The Labute approximate surface area is 142 Å². The van der Waals surface area contributed by atoms with Crippen molar-refractivity contribution in [1.82, 2.24) is 15.2 Å². The van der Waals surface area contributed by atoms with Crippen molar-refractivity contribution in [3.8, 4) is 11.3 Å². The molecule has 7 heteroatoms. The van der Waals surface area contributed by atoms with Gasteiger partial charge in [-0.05, 0) is 41.5 Å².